The Kier molecular flexibility index (Phi) is 6.28. The molecule has 1 heterocycles. The lowest BCUT2D eigenvalue weighted by Gasteiger charge is -2.09. The molecule has 0 spiro atoms. The number of nitrogens with one attached hydrogen (secondary N) is 1. The van der Waals surface area contributed by atoms with E-state index in [1.807, 2.05) is 0 Å². The fraction of sp³-hybridized carbons (Fsp3) is 0.235. The molecule has 1 N–H and O–H groups in total. The maximum Gasteiger partial charge on any atom is 0.341 e. The van der Waals surface area contributed by atoms with Gasteiger partial charge in [-0.1, -0.05) is 23.2 Å². The summed E-state index contributed by atoms with van der Waals surface area (Å²) in [6.45, 7) is 3.00. The Morgan fingerprint density at radius 2 is 1.69 bits per heavy atom. The fourth-order valence-electron chi connectivity index (χ4n) is 2.35. The lowest BCUT2D eigenvalue weighted by atomic mass is 10.1. The summed E-state index contributed by atoms with van der Waals surface area (Å²) in [5.41, 5.74) is 0.768. The predicted octanol–water partition coefficient (Wildman–Crippen LogP) is 4.61. The summed E-state index contributed by atoms with van der Waals surface area (Å²) in [4.78, 5) is 36.8. The van der Waals surface area contributed by atoms with Crippen LogP contribution in [0.25, 0.3) is 0 Å². The smallest absolute Gasteiger partial charge is 0.341 e. The molecule has 0 bridgehead atoms. The van der Waals surface area contributed by atoms with Crippen molar-refractivity contribution in [1.82, 2.24) is 0 Å². The van der Waals surface area contributed by atoms with E-state index in [2.05, 4.69) is 5.32 Å². The highest BCUT2D eigenvalue weighted by Gasteiger charge is 2.25. The van der Waals surface area contributed by atoms with Gasteiger partial charge in [0.1, 0.15) is 5.00 Å². The summed E-state index contributed by atoms with van der Waals surface area (Å²) < 4.78 is 9.80. The molecule has 0 atom stereocenters. The number of amides is 1. The van der Waals surface area contributed by atoms with Crippen molar-refractivity contribution < 1.29 is 23.9 Å². The molecule has 1 aromatic heterocycles. The molecular formula is C17H15Cl2NO5S. The molecule has 0 aliphatic heterocycles. The molecule has 0 aliphatic carbocycles. The van der Waals surface area contributed by atoms with E-state index in [9.17, 15) is 14.4 Å². The number of carbonyl (C=O) groups is 3. The Morgan fingerprint density at radius 3 is 2.15 bits per heavy atom. The quantitative estimate of drug-likeness (QED) is 0.569. The Bertz CT molecular complexity index is 884. The number of halogens is 2. The number of methoxy groups -OCH3 is 2. The third kappa shape index (κ3) is 3.85. The van der Waals surface area contributed by atoms with Crippen LogP contribution in [-0.2, 0) is 4.74 Å². The summed E-state index contributed by atoms with van der Waals surface area (Å²) in [5.74, 6) is -1.15. The average Bonchev–Trinajstić information content (AvgIpc) is 2.90. The minimum Gasteiger partial charge on any atom is -0.494 e. The van der Waals surface area contributed by atoms with E-state index in [1.165, 1.54) is 33.3 Å². The van der Waals surface area contributed by atoms with Crippen molar-refractivity contribution in [2.75, 3.05) is 19.5 Å². The van der Waals surface area contributed by atoms with E-state index in [4.69, 9.17) is 32.7 Å². The highest BCUT2D eigenvalue weighted by Crippen LogP contribution is 2.36. The lowest BCUT2D eigenvalue weighted by Crippen LogP contribution is -2.14. The SMILES string of the molecule is COC(=O)c1c(NC(=O)c2cc(Cl)c(OC)c(Cl)c2)sc(C(C)=O)c1C. The first kappa shape index (κ1) is 20.2. The van der Waals surface area contributed by atoms with E-state index in [-0.39, 0.29) is 37.7 Å². The van der Waals surface area contributed by atoms with Gasteiger partial charge in [-0.15, -0.1) is 11.3 Å². The number of hydrogen-bond donors (Lipinski definition) is 1. The summed E-state index contributed by atoms with van der Waals surface area (Å²) in [6, 6.07) is 2.79. The molecule has 0 unspecified atom stereocenters. The maximum atomic E-state index is 12.6. The highest BCUT2D eigenvalue weighted by molar-refractivity contribution is 7.18. The molecule has 2 aromatic rings. The standard InChI is InChI=1S/C17H15Cl2NO5S/c1-7-12(17(23)25-4)16(26-14(7)8(2)21)20-15(22)9-5-10(18)13(24-3)11(19)6-9/h5-6H,1-4H3,(H,20,22). The van der Waals surface area contributed by atoms with E-state index in [0.29, 0.717) is 10.4 Å². The van der Waals surface area contributed by atoms with Gasteiger partial charge in [-0.25, -0.2) is 4.79 Å². The minimum atomic E-state index is -0.646. The van der Waals surface area contributed by atoms with E-state index < -0.39 is 11.9 Å². The summed E-state index contributed by atoms with van der Waals surface area (Å²) in [6.07, 6.45) is 0. The zero-order valence-electron chi connectivity index (χ0n) is 14.4. The number of hydrogen-bond acceptors (Lipinski definition) is 6. The molecule has 1 amide bonds. The Hall–Kier alpha value is -2.09. The van der Waals surface area contributed by atoms with Crippen LogP contribution < -0.4 is 10.1 Å². The number of ketones is 1. The number of Topliss-reactive ketones (excluding diaryl/α,β-unsaturated/α-hetero) is 1. The van der Waals surface area contributed by atoms with Gasteiger partial charge >= 0.3 is 5.97 Å². The highest BCUT2D eigenvalue weighted by atomic mass is 35.5. The molecule has 1 aromatic carbocycles. The summed E-state index contributed by atoms with van der Waals surface area (Å²) in [5, 5.41) is 3.18. The molecule has 6 nitrogen and oxygen atoms in total. The zero-order valence-corrected chi connectivity index (χ0v) is 16.7. The van der Waals surface area contributed by atoms with Crippen LogP contribution in [0.15, 0.2) is 12.1 Å². The molecule has 9 heteroatoms. The molecule has 138 valence electrons. The van der Waals surface area contributed by atoms with Crippen molar-refractivity contribution in [3.63, 3.8) is 0 Å². The predicted molar refractivity (Wildman–Crippen MR) is 101 cm³/mol. The Morgan fingerprint density at radius 1 is 1.12 bits per heavy atom. The number of benzene rings is 1. The third-order valence-corrected chi connectivity index (χ3v) is 5.42. The van der Waals surface area contributed by atoms with E-state index >= 15 is 0 Å². The average molecular weight is 416 g/mol. The molecule has 0 fully saturated rings. The fourth-order valence-corrected chi connectivity index (χ4v) is 4.07. The van der Waals surface area contributed by atoms with Gasteiger partial charge in [0.05, 0.1) is 34.7 Å². The number of esters is 1. The largest absolute Gasteiger partial charge is 0.494 e. The van der Waals surface area contributed by atoms with Gasteiger partial charge in [0.2, 0.25) is 0 Å². The van der Waals surface area contributed by atoms with Crippen molar-refractivity contribution >= 4 is 57.2 Å². The molecule has 26 heavy (non-hydrogen) atoms. The molecule has 2 rings (SSSR count). The Balaban J connectivity index is 2.45. The van der Waals surface area contributed by atoms with Gasteiger partial charge in [0.25, 0.3) is 5.91 Å². The van der Waals surface area contributed by atoms with Crippen LogP contribution in [-0.4, -0.2) is 31.9 Å². The number of rotatable bonds is 5. The van der Waals surface area contributed by atoms with Crippen LogP contribution in [0.3, 0.4) is 0 Å². The summed E-state index contributed by atoms with van der Waals surface area (Å²) in [7, 11) is 2.63. The summed E-state index contributed by atoms with van der Waals surface area (Å²) >= 11 is 13.1. The van der Waals surface area contributed by atoms with Crippen LogP contribution in [0.4, 0.5) is 5.00 Å². The molecule has 0 aliphatic rings. The molecular weight excluding hydrogens is 401 g/mol. The Labute approximate surface area is 164 Å². The first-order chi connectivity index (χ1) is 12.2. The van der Waals surface area contributed by atoms with E-state index in [0.717, 1.165) is 11.3 Å². The van der Waals surface area contributed by atoms with Crippen LogP contribution in [0.2, 0.25) is 10.0 Å². The van der Waals surface area contributed by atoms with Gasteiger partial charge < -0.3 is 14.8 Å². The lowest BCUT2D eigenvalue weighted by molar-refractivity contribution is 0.0601. The maximum absolute atomic E-state index is 12.6. The van der Waals surface area contributed by atoms with Gasteiger partial charge in [0, 0.05) is 5.56 Å². The number of carbonyl (C=O) groups excluding carboxylic acids is 3. The number of ether oxygens (including phenoxy) is 2. The topological polar surface area (TPSA) is 81.7 Å². The second kappa shape index (κ2) is 8.07. The van der Waals surface area contributed by atoms with Gasteiger partial charge in [0.15, 0.2) is 11.5 Å². The van der Waals surface area contributed by atoms with Crippen molar-refractivity contribution in [3.05, 3.63) is 43.7 Å². The zero-order chi connectivity index (χ0) is 19.6. The van der Waals surface area contributed by atoms with Gasteiger partial charge in [-0.05, 0) is 31.5 Å². The molecule has 0 saturated heterocycles. The minimum absolute atomic E-state index is 0.141. The number of anilines is 1. The second-order valence-corrected chi connectivity index (χ2v) is 7.07. The first-order valence-corrected chi connectivity index (χ1v) is 8.85. The van der Waals surface area contributed by atoms with Crippen LogP contribution in [0, 0.1) is 6.92 Å². The van der Waals surface area contributed by atoms with Gasteiger partial charge in [-0.2, -0.15) is 0 Å². The van der Waals surface area contributed by atoms with Crippen LogP contribution >= 0.6 is 34.5 Å². The van der Waals surface area contributed by atoms with E-state index in [1.54, 1.807) is 6.92 Å². The first-order valence-electron chi connectivity index (χ1n) is 7.28. The van der Waals surface area contributed by atoms with Crippen molar-refractivity contribution in [3.8, 4) is 5.75 Å². The second-order valence-electron chi connectivity index (χ2n) is 5.24. The molecule has 0 radical (unpaired) electrons. The van der Waals surface area contributed by atoms with Crippen LogP contribution in [0.1, 0.15) is 42.9 Å². The van der Waals surface area contributed by atoms with Crippen molar-refractivity contribution in [2.45, 2.75) is 13.8 Å². The van der Waals surface area contributed by atoms with Gasteiger partial charge in [-0.3, -0.25) is 9.59 Å². The van der Waals surface area contributed by atoms with Crippen LogP contribution in [0.5, 0.6) is 5.75 Å². The number of thiophene rings is 1. The normalized spacial score (nSPS) is 10.4. The third-order valence-electron chi connectivity index (χ3n) is 3.55. The van der Waals surface area contributed by atoms with Crippen molar-refractivity contribution in [1.29, 1.82) is 0 Å². The monoisotopic (exact) mass is 415 g/mol. The van der Waals surface area contributed by atoms with Crippen molar-refractivity contribution in [2.24, 2.45) is 0 Å². The molecule has 0 saturated carbocycles.